The Morgan fingerprint density at radius 2 is 2.00 bits per heavy atom. The summed E-state index contributed by atoms with van der Waals surface area (Å²) < 4.78 is 10.8. The lowest BCUT2D eigenvalue weighted by Gasteiger charge is -2.21. The number of aryl methyl sites for hydroxylation is 1. The van der Waals surface area contributed by atoms with E-state index in [1.165, 1.54) is 0 Å². The number of alkyl carbamates (subject to hydrolysis) is 1. The maximum atomic E-state index is 12.3. The van der Waals surface area contributed by atoms with Crippen LogP contribution in [0.1, 0.15) is 32.8 Å². The number of rotatable bonds is 5. The summed E-state index contributed by atoms with van der Waals surface area (Å²) in [5, 5.41) is 2.78. The summed E-state index contributed by atoms with van der Waals surface area (Å²) >= 11 is 0. The summed E-state index contributed by atoms with van der Waals surface area (Å²) in [5.41, 5.74) is 0.505. The molecule has 0 saturated carbocycles. The molecule has 2 amide bonds. The number of benzene rings is 1. The van der Waals surface area contributed by atoms with Gasteiger partial charge in [0, 0.05) is 19.6 Å². The molecule has 1 heterocycles. The maximum Gasteiger partial charge on any atom is 0.407 e. The van der Waals surface area contributed by atoms with E-state index < -0.39 is 11.7 Å². The molecular formula is C19H28N2O4. The Bertz CT molecular complexity index is 610. The Morgan fingerprint density at radius 3 is 2.68 bits per heavy atom. The molecule has 0 radical (unpaired) electrons. The summed E-state index contributed by atoms with van der Waals surface area (Å²) in [6, 6.07) is 7.64. The third kappa shape index (κ3) is 6.29. The van der Waals surface area contributed by atoms with Crippen LogP contribution in [0.15, 0.2) is 24.3 Å². The number of amides is 2. The van der Waals surface area contributed by atoms with Gasteiger partial charge in [0.1, 0.15) is 11.4 Å². The van der Waals surface area contributed by atoms with Crippen molar-refractivity contribution in [3.8, 4) is 5.75 Å². The Balaban J connectivity index is 1.72. The molecule has 6 nitrogen and oxygen atoms in total. The van der Waals surface area contributed by atoms with Gasteiger partial charge in [-0.3, -0.25) is 4.79 Å². The Morgan fingerprint density at radius 1 is 1.28 bits per heavy atom. The van der Waals surface area contributed by atoms with Gasteiger partial charge in [-0.1, -0.05) is 18.2 Å². The minimum atomic E-state index is -0.505. The van der Waals surface area contributed by atoms with Crippen molar-refractivity contribution in [1.29, 1.82) is 0 Å². The molecule has 0 spiro atoms. The van der Waals surface area contributed by atoms with Crippen LogP contribution >= 0.6 is 0 Å². The number of hydrogen-bond acceptors (Lipinski definition) is 4. The molecule has 138 valence electrons. The van der Waals surface area contributed by atoms with Gasteiger partial charge in [-0.25, -0.2) is 4.79 Å². The number of nitrogens with one attached hydrogen (secondary N) is 1. The van der Waals surface area contributed by atoms with Crippen LogP contribution in [-0.4, -0.2) is 48.7 Å². The monoisotopic (exact) mass is 348 g/mol. The van der Waals surface area contributed by atoms with Gasteiger partial charge in [0.25, 0.3) is 5.91 Å². The third-order valence-electron chi connectivity index (χ3n) is 4.02. The van der Waals surface area contributed by atoms with Crippen LogP contribution < -0.4 is 10.1 Å². The predicted molar refractivity (Wildman–Crippen MR) is 95.6 cm³/mol. The first-order chi connectivity index (χ1) is 11.7. The number of nitrogens with zero attached hydrogens (tertiary/aromatic N) is 1. The van der Waals surface area contributed by atoms with Crippen LogP contribution in [0.5, 0.6) is 5.75 Å². The van der Waals surface area contributed by atoms with Gasteiger partial charge in [-0.2, -0.15) is 0 Å². The van der Waals surface area contributed by atoms with E-state index >= 15 is 0 Å². The highest BCUT2D eigenvalue weighted by Gasteiger charge is 2.27. The van der Waals surface area contributed by atoms with E-state index in [1.54, 1.807) is 4.90 Å². The van der Waals surface area contributed by atoms with Crippen molar-refractivity contribution < 1.29 is 19.1 Å². The van der Waals surface area contributed by atoms with E-state index in [2.05, 4.69) is 5.32 Å². The topological polar surface area (TPSA) is 67.9 Å². The van der Waals surface area contributed by atoms with Gasteiger partial charge < -0.3 is 19.7 Å². The van der Waals surface area contributed by atoms with E-state index in [1.807, 2.05) is 52.0 Å². The highest BCUT2D eigenvalue weighted by molar-refractivity contribution is 5.78. The number of carbonyl (C=O) groups excluding carboxylic acids is 2. The highest BCUT2D eigenvalue weighted by atomic mass is 16.6. The summed E-state index contributed by atoms with van der Waals surface area (Å²) in [7, 11) is 0. The van der Waals surface area contributed by atoms with Gasteiger partial charge in [-0.15, -0.1) is 0 Å². The molecule has 1 atom stereocenters. The average molecular weight is 348 g/mol. The standard InChI is InChI=1S/C19H28N2O4/c1-14-7-5-6-8-16(14)24-13-17(22)21-10-9-15(12-21)11-20-18(23)25-19(2,3)4/h5-8,15H,9-13H2,1-4H3,(H,20,23)/t15-/m0/s1. The normalized spacial score (nSPS) is 17.3. The largest absolute Gasteiger partial charge is 0.484 e. The number of carbonyl (C=O) groups is 2. The molecule has 1 aliphatic heterocycles. The summed E-state index contributed by atoms with van der Waals surface area (Å²) in [5.74, 6) is 0.955. The zero-order valence-electron chi connectivity index (χ0n) is 15.5. The second kappa shape index (κ2) is 8.23. The van der Waals surface area contributed by atoms with Crippen LogP contribution in [0, 0.1) is 12.8 Å². The van der Waals surface area contributed by atoms with Crippen LogP contribution in [0.4, 0.5) is 4.79 Å². The van der Waals surface area contributed by atoms with E-state index in [0.29, 0.717) is 19.6 Å². The summed E-state index contributed by atoms with van der Waals surface area (Å²) in [6.45, 7) is 9.32. The Labute approximate surface area is 149 Å². The lowest BCUT2D eigenvalue weighted by atomic mass is 10.1. The van der Waals surface area contributed by atoms with Gasteiger partial charge >= 0.3 is 6.09 Å². The summed E-state index contributed by atoms with van der Waals surface area (Å²) in [4.78, 5) is 25.8. The van der Waals surface area contributed by atoms with Crippen LogP contribution in [-0.2, 0) is 9.53 Å². The van der Waals surface area contributed by atoms with E-state index in [0.717, 1.165) is 17.7 Å². The molecule has 0 bridgehead atoms. The van der Waals surface area contributed by atoms with E-state index in [9.17, 15) is 9.59 Å². The fraction of sp³-hybridized carbons (Fsp3) is 0.579. The van der Waals surface area contributed by atoms with Gasteiger partial charge in [0.05, 0.1) is 0 Å². The van der Waals surface area contributed by atoms with Crippen LogP contribution in [0.3, 0.4) is 0 Å². The lowest BCUT2D eigenvalue weighted by molar-refractivity contribution is -0.132. The average Bonchev–Trinajstić information content (AvgIpc) is 2.99. The fourth-order valence-corrected chi connectivity index (χ4v) is 2.72. The molecule has 1 aromatic carbocycles. The van der Waals surface area contributed by atoms with Crippen molar-refractivity contribution in [2.75, 3.05) is 26.2 Å². The second-order valence-electron chi connectivity index (χ2n) is 7.43. The van der Waals surface area contributed by atoms with Crippen molar-refractivity contribution >= 4 is 12.0 Å². The molecule has 6 heteroatoms. The Kier molecular flexibility index (Phi) is 6.28. The smallest absolute Gasteiger partial charge is 0.407 e. The fourth-order valence-electron chi connectivity index (χ4n) is 2.72. The molecule has 1 saturated heterocycles. The number of likely N-dealkylation sites (tertiary alicyclic amines) is 1. The molecule has 0 aromatic heterocycles. The molecular weight excluding hydrogens is 320 g/mol. The van der Waals surface area contributed by atoms with Crippen molar-refractivity contribution in [3.05, 3.63) is 29.8 Å². The molecule has 1 N–H and O–H groups in total. The van der Waals surface area contributed by atoms with E-state index in [-0.39, 0.29) is 18.4 Å². The molecule has 0 aliphatic carbocycles. The Hall–Kier alpha value is -2.24. The van der Waals surface area contributed by atoms with Crippen molar-refractivity contribution in [2.24, 2.45) is 5.92 Å². The lowest BCUT2D eigenvalue weighted by Crippen LogP contribution is -2.37. The minimum Gasteiger partial charge on any atom is -0.484 e. The molecule has 25 heavy (non-hydrogen) atoms. The highest BCUT2D eigenvalue weighted by Crippen LogP contribution is 2.18. The van der Waals surface area contributed by atoms with Gasteiger partial charge in [0.15, 0.2) is 6.61 Å². The SMILES string of the molecule is Cc1ccccc1OCC(=O)N1CC[C@@H](CNC(=O)OC(C)(C)C)C1. The first kappa shape index (κ1) is 19.1. The van der Waals surface area contributed by atoms with Crippen LogP contribution in [0.25, 0.3) is 0 Å². The third-order valence-corrected chi connectivity index (χ3v) is 4.02. The van der Waals surface area contributed by atoms with E-state index in [4.69, 9.17) is 9.47 Å². The van der Waals surface area contributed by atoms with Gasteiger partial charge in [-0.05, 0) is 51.7 Å². The first-order valence-corrected chi connectivity index (χ1v) is 8.67. The first-order valence-electron chi connectivity index (χ1n) is 8.67. The quantitative estimate of drug-likeness (QED) is 0.888. The minimum absolute atomic E-state index is 0.0250. The number of hydrogen-bond donors (Lipinski definition) is 1. The molecule has 1 aliphatic rings. The molecule has 1 fully saturated rings. The van der Waals surface area contributed by atoms with Crippen LogP contribution in [0.2, 0.25) is 0 Å². The maximum absolute atomic E-state index is 12.3. The molecule has 0 unspecified atom stereocenters. The predicted octanol–water partition coefficient (Wildman–Crippen LogP) is 2.75. The molecule has 1 aromatic rings. The van der Waals surface area contributed by atoms with Gasteiger partial charge in [0.2, 0.25) is 0 Å². The number of ether oxygens (including phenoxy) is 2. The van der Waals surface area contributed by atoms with Crippen molar-refractivity contribution in [2.45, 2.75) is 39.7 Å². The van der Waals surface area contributed by atoms with Crippen molar-refractivity contribution in [1.82, 2.24) is 10.2 Å². The molecule has 2 rings (SSSR count). The zero-order chi connectivity index (χ0) is 18.4. The zero-order valence-corrected chi connectivity index (χ0v) is 15.5. The number of para-hydroxylation sites is 1. The second-order valence-corrected chi connectivity index (χ2v) is 7.43. The summed E-state index contributed by atoms with van der Waals surface area (Å²) in [6.07, 6.45) is 0.450. The van der Waals surface area contributed by atoms with Crippen molar-refractivity contribution in [3.63, 3.8) is 0 Å².